The summed E-state index contributed by atoms with van der Waals surface area (Å²) in [5.41, 5.74) is 0.261. The lowest BCUT2D eigenvalue weighted by molar-refractivity contribution is 0.0635. The first-order chi connectivity index (χ1) is 13.4. The van der Waals surface area contributed by atoms with Crippen LogP contribution in [0.5, 0.6) is 5.75 Å². The minimum atomic E-state index is -4.27. The van der Waals surface area contributed by atoms with E-state index in [4.69, 9.17) is 32.1 Å². The molecule has 0 spiro atoms. The van der Waals surface area contributed by atoms with E-state index < -0.39 is 21.8 Å². The van der Waals surface area contributed by atoms with Gasteiger partial charge in [-0.3, -0.25) is 5.32 Å². The van der Waals surface area contributed by atoms with Gasteiger partial charge in [0.05, 0.1) is 21.1 Å². The monoisotopic (exact) mass is 457 g/mol. The van der Waals surface area contributed by atoms with Crippen LogP contribution in [0, 0.1) is 0 Å². The Labute approximate surface area is 177 Å². The molecule has 11 heteroatoms. The van der Waals surface area contributed by atoms with Crippen LogP contribution in [0.2, 0.25) is 10.0 Å². The second-order valence-corrected chi connectivity index (χ2v) is 9.28. The Balaban J connectivity index is 1.84. The summed E-state index contributed by atoms with van der Waals surface area (Å²) >= 11 is 11.9. The number of carbonyl (C=O) groups excluding carboxylic acids is 1. The maximum absolute atomic E-state index is 12.6. The van der Waals surface area contributed by atoms with Crippen LogP contribution in [0.4, 0.5) is 10.7 Å². The van der Waals surface area contributed by atoms with E-state index in [1.807, 2.05) is 0 Å². The Hall–Kier alpha value is -2.49. The number of H-pyrrole nitrogens is 1. The van der Waals surface area contributed by atoms with Crippen LogP contribution < -0.4 is 9.50 Å². The normalized spacial score (nSPS) is 12.0. The molecule has 8 nitrogen and oxygen atoms in total. The van der Waals surface area contributed by atoms with Crippen LogP contribution in [0.15, 0.2) is 41.3 Å². The molecule has 1 heterocycles. The standard InChI is InChI=1S/C18H17Cl2N3O5S/c1-18(2,3)27-17(24)23-16-21-13-8-7-10(9-14(13)22-16)28-29(25,26)15-11(19)5-4-6-12(15)20/h4-9H,1-3H3,(H2,21,22,23,24). The smallest absolute Gasteiger partial charge is 0.414 e. The molecule has 2 aromatic carbocycles. The summed E-state index contributed by atoms with van der Waals surface area (Å²) in [5, 5.41) is 2.37. The summed E-state index contributed by atoms with van der Waals surface area (Å²) < 4.78 is 35.5. The van der Waals surface area contributed by atoms with Crippen molar-refractivity contribution in [2.24, 2.45) is 0 Å². The Bertz CT molecular complexity index is 1170. The summed E-state index contributed by atoms with van der Waals surface area (Å²) in [7, 11) is -4.27. The van der Waals surface area contributed by atoms with Crippen LogP contribution in [0.1, 0.15) is 20.8 Å². The molecule has 0 unspecified atom stereocenters. The van der Waals surface area contributed by atoms with Crippen LogP contribution in [-0.2, 0) is 14.9 Å². The molecule has 0 radical (unpaired) electrons. The van der Waals surface area contributed by atoms with Gasteiger partial charge in [-0.25, -0.2) is 9.78 Å². The molecule has 154 valence electrons. The van der Waals surface area contributed by atoms with Crippen LogP contribution in [0.25, 0.3) is 11.0 Å². The van der Waals surface area contributed by atoms with Gasteiger partial charge in [-0.05, 0) is 45.0 Å². The summed E-state index contributed by atoms with van der Waals surface area (Å²) in [6.45, 7) is 5.21. The first-order valence-corrected chi connectivity index (χ1v) is 10.5. The predicted molar refractivity (Wildman–Crippen MR) is 110 cm³/mol. The zero-order valence-electron chi connectivity index (χ0n) is 15.6. The highest BCUT2D eigenvalue weighted by Crippen LogP contribution is 2.32. The third kappa shape index (κ3) is 5.11. The summed E-state index contributed by atoms with van der Waals surface area (Å²) in [5.74, 6) is 0.146. The molecule has 3 rings (SSSR count). The second-order valence-electron chi connectivity index (χ2n) is 6.98. The molecular weight excluding hydrogens is 441 g/mol. The first-order valence-electron chi connectivity index (χ1n) is 8.33. The van der Waals surface area contributed by atoms with Gasteiger partial charge in [0.25, 0.3) is 0 Å². The fourth-order valence-electron chi connectivity index (χ4n) is 2.39. The molecule has 3 aromatic rings. The lowest BCUT2D eigenvalue weighted by Crippen LogP contribution is -2.27. The second kappa shape index (κ2) is 7.74. The van der Waals surface area contributed by atoms with Crippen molar-refractivity contribution in [2.45, 2.75) is 31.3 Å². The molecular formula is C18H17Cl2N3O5S. The predicted octanol–water partition coefficient (Wildman–Crippen LogP) is 4.98. The number of nitrogens with one attached hydrogen (secondary N) is 2. The molecule has 0 fully saturated rings. The van der Waals surface area contributed by atoms with E-state index in [9.17, 15) is 13.2 Å². The number of hydrogen-bond acceptors (Lipinski definition) is 6. The molecule has 0 aliphatic rings. The van der Waals surface area contributed by atoms with E-state index >= 15 is 0 Å². The fourth-order valence-corrected chi connectivity index (χ4v) is 4.41. The number of halogens is 2. The molecule has 0 aliphatic carbocycles. The average Bonchev–Trinajstić information content (AvgIpc) is 2.93. The zero-order valence-corrected chi connectivity index (χ0v) is 17.9. The molecule has 0 aliphatic heterocycles. The lowest BCUT2D eigenvalue weighted by atomic mass is 10.2. The van der Waals surface area contributed by atoms with Gasteiger partial charge in [0.1, 0.15) is 16.2 Å². The summed E-state index contributed by atoms with van der Waals surface area (Å²) in [6, 6.07) is 8.71. The van der Waals surface area contributed by atoms with E-state index in [-0.39, 0.29) is 26.6 Å². The molecule has 0 atom stereocenters. The number of imidazole rings is 1. The average molecular weight is 458 g/mol. The molecule has 2 N–H and O–H groups in total. The number of benzene rings is 2. The Morgan fingerprint density at radius 3 is 2.41 bits per heavy atom. The number of amides is 1. The van der Waals surface area contributed by atoms with Gasteiger partial charge in [0, 0.05) is 6.07 Å². The Morgan fingerprint density at radius 1 is 1.14 bits per heavy atom. The first kappa shape index (κ1) is 21.2. The number of hydrogen-bond donors (Lipinski definition) is 2. The van der Waals surface area contributed by atoms with Crippen molar-refractivity contribution >= 4 is 56.4 Å². The SMILES string of the molecule is CC(C)(C)OC(=O)Nc1nc2cc(OS(=O)(=O)c3c(Cl)cccc3Cl)ccc2[nH]1. The number of ether oxygens (including phenoxy) is 1. The van der Waals surface area contributed by atoms with Gasteiger partial charge in [-0.2, -0.15) is 8.42 Å². The number of aromatic amines is 1. The van der Waals surface area contributed by atoms with E-state index in [2.05, 4.69) is 15.3 Å². The number of fused-ring (bicyclic) bond motifs is 1. The minimum absolute atomic E-state index is 0.00352. The number of nitrogens with zero attached hydrogens (tertiary/aromatic N) is 1. The highest BCUT2D eigenvalue weighted by molar-refractivity contribution is 7.87. The van der Waals surface area contributed by atoms with Crippen molar-refractivity contribution < 1.29 is 22.1 Å². The molecule has 1 aromatic heterocycles. The van der Waals surface area contributed by atoms with Crippen molar-refractivity contribution in [1.29, 1.82) is 0 Å². The van der Waals surface area contributed by atoms with E-state index in [0.717, 1.165) is 0 Å². The maximum atomic E-state index is 12.6. The highest BCUT2D eigenvalue weighted by atomic mass is 35.5. The largest absolute Gasteiger partial charge is 0.444 e. The Kier molecular flexibility index (Phi) is 5.66. The van der Waals surface area contributed by atoms with Gasteiger partial charge in [-0.15, -0.1) is 0 Å². The quantitative estimate of drug-likeness (QED) is 0.534. The highest BCUT2D eigenvalue weighted by Gasteiger charge is 2.24. The topological polar surface area (TPSA) is 110 Å². The van der Waals surface area contributed by atoms with Crippen molar-refractivity contribution in [3.8, 4) is 5.75 Å². The third-order valence-electron chi connectivity index (χ3n) is 3.45. The van der Waals surface area contributed by atoms with Gasteiger partial charge >= 0.3 is 16.2 Å². The third-order valence-corrected chi connectivity index (χ3v) is 5.65. The van der Waals surface area contributed by atoms with Crippen molar-refractivity contribution in [3.63, 3.8) is 0 Å². The van der Waals surface area contributed by atoms with Crippen molar-refractivity contribution in [1.82, 2.24) is 9.97 Å². The number of carbonyl (C=O) groups is 1. The number of rotatable bonds is 4. The molecule has 0 bridgehead atoms. The Morgan fingerprint density at radius 2 is 1.79 bits per heavy atom. The van der Waals surface area contributed by atoms with E-state index in [0.29, 0.717) is 11.0 Å². The number of aromatic nitrogens is 2. The molecule has 0 saturated carbocycles. The fraction of sp³-hybridized carbons (Fsp3) is 0.222. The van der Waals surface area contributed by atoms with Crippen LogP contribution in [0.3, 0.4) is 0 Å². The minimum Gasteiger partial charge on any atom is -0.444 e. The lowest BCUT2D eigenvalue weighted by Gasteiger charge is -2.18. The van der Waals surface area contributed by atoms with E-state index in [1.165, 1.54) is 30.3 Å². The van der Waals surface area contributed by atoms with Gasteiger partial charge in [0.2, 0.25) is 5.95 Å². The molecule has 0 saturated heterocycles. The van der Waals surface area contributed by atoms with Gasteiger partial charge < -0.3 is 13.9 Å². The molecule has 1 amide bonds. The van der Waals surface area contributed by atoms with E-state index in [1.54, 1.807) is 26.8 Å². The number of anilines is 1. The molecule has 29 heavy (non-hydrogen) atoms. The zero-order chi connectivity index (χ0) is 21.4. The van der Waals surface area contributed by atoms with Crippen molar-refractivity contribution in [2.75, 3.05) is 5.32 Å². The summed E-state index contributed by atoms with van der Waals surface area (Å²) in [6.07, 6.45) is -0.677. The summed E-state index contributed by atoms with van der Waals surface area (Å²) in [4.78, 5) is 18.6. The van der Waals surface area contributed by atoms with Gasteiger partial charge in [-0.1, -0.05) is 29.3 Å². The van der Waals surface area contributed by atoms with Crippen LogP contribution in [-0.4, -0.2) is 30.1 Å². The van der Waals surface area contributed by atoms with Gasteiger partial charge in [0.15, 0.2) is 0 Å². The van der Waals surface area contributed by atoms with Crippen LogP contribution >= 0.6 is 23.2 Å². The van der Waals surface area contributed by atoms with Crippen molar-refractivity contribution in [3.05, 3.63) is 46.4 Å². The maximum Gasteiger partial charge on any atom is 0.414 e.